The normalized spacial score (nSPS) is 12.6. The van der Waals surface area contributed by atoms with Crippen molar-refractivity contribution in [1.82, 2.24) is 0 Å². The Morgan fingerprint density at radius 3 is 2.12 bits per heavy atom. The summed E-state index contributed by atoms with van der Waals surface area (Å²) in [6.45, 7) is 11.3. The Morgan fingerprint density at radius 1 is 1.06 bits per heavy atom. The lowest BCUT2D eigenvalue weighted by atomic mass is 10.2. The van der Waals surface area contributed by atoms with Gasteiger partial charge in [-0.1, -0.05) is 18.2 Å². The fraction of sp³-hybridized carbons (Fsp3) is 0.538. The van der Waals surface area contributed by atoms with Gasteiger partial charge in [-0.15, -0.1) is 0 Å². The second kappa shape index (κ2) is 5.02. The van der Waals surface area contributed by atoms with Crippen LogP contribution in [-0.2, 0) is 4.43 Å². The molecule has 0 heterocycles. The van der Waals surface area contributed by atoms with Gasteiger partial charge in [-0.25, -0.2) is 0 Å². The van der Waals surface area contributed by atoms with Gasteiger partial charge >= 0.3 is 0 Å². The highest BCUT2D eigenvalue weighted by atomic mass is 28.4. The van der Waals surface area contributed by atoms with Gasteiger partial charge in [0.15, 0.2) is 8.32 Å². The smallest absolute Gasteiger partial charge is 0.184 e. The molecule has 0 aliphatic rings. The van der Waals surface area contributed by atoms with Crippen molar-refractivity contribution in [2.24, 2.45) is 0 Å². The van der Waals surface area contributed by atoms with Crippen molar-refractivity contribution in [3.63, 3.8) is 0 Å². The maximum atomic E-state index is 6.06. The minimum atomic E-state index is -1.51. The summed E-state index contributed by atoms with van der Waals surface area (Å²) < 4.78 is 11.8. The van der Waals surface area contributed by atoms with Crippen LogP contribution in [0, 0.1) is 0 Å². The van der Waals surface area contributed by atoms with E-state index in [1.165, 1.54) is 0 Å². The molecule has 0 saturated heterocycles. The third-order valence-corrected chi connectivity index (χ3v) is 3.08. The van der Waals surface area contributed by atoms with Crippen molar-refractivity contribution in [2.75, 3.05) is 6.61 Å². The van der Waals surface area contributed by atoms with Gasteiger partial charge in [0, 0.05) is 0 Å². The third kappa shape index (κ3) is 5.33. The predicted octanol–water partition coefficient (Wildman–Crippen LogP) is 3.70. The van der Waals surface area contributed by atoms with Gasteiger partial charge in [0.1, 0.15) is 12.4 Å². The third-order valence-electron chi connectivity index (χ3n) is 1.91. The van der Waals surface area contributed by atoms with E-state index in [9.17, 15) is 0 Å². The molecule has 2 nitrogen and oxygen atoms in total. The molecule has 1 aromatic carbocycles. The molecule has 90 valence electrons. The highest BCUT2D eigenvalue weighted by Gasteiger charge is 2.27. The van der Waals surface area contributed by atoms with E-state index in [1.54, 1.807) is 0 Å². The zero-order valence-electron chi connectivity index (χ0n) is 10.9. The Balaban J connectivity index is 2.48. The quantitative estimate of drug-likeness (QED) is 0.728. The maximum Gasteiger partial charge on any atom is 0.184 e. The highest BCUT2D eigenvalue weighted by molar-refractivity contribution is 6.69. The van der Waals surface area contributed by atoms with E-state index in [-0.39, 0.29) is 5.60 Å². The van der Waals surface area contributed by atoms with Crippen LogP contribution in [0.1, 0.15) is 13.8 Å². The van der Waals surface area contributed by atoms with Gasteiger partial charge in [0.2, 0.25) is 0 Å². The average Bonchev–Trinajstić information content (AvgIpc) is 2.13. The molecule has 0 spiro atoms. The predicted molar refractivity (Wildman–Crippen MR) is 70.4 cm³/mol. The van der Waals surface area contributed by atoms with Gasteiger partial charge in [0.05, 0.1) is 5.60 Å². The molecule has 0 aliphatic carbocycles. The molecule has 1 rings (SSSR count). The average molecular weight is 238 g/mol. The Bertz CT molecular complexity index is 314. The zero-order chi connectivity index (χ0) is 12.2. The van der Waals surface area contributed by atoms with Crippen molar-refractivity contribution in [2.45, 2.75) is 39.1 Å². The van der Waals surface area contributed by atoms with Gasteiger partial charge in [0.25, 0.3) is 0 Å². The molecule has 0 fully saturated rings. The molecular weight excluding hydrogens is 216 g/mol. The van der Waals surface area contributed by atoms with Crippen molar-refractivity contribution in [3.05, 3.63) is 30.3 Å². The first-order valence-electron chi connectivity index (χ1n) is 5.67. The summed E-state index contributed by atoms with van der Waals surface area (Å²) in [6.07, 6.45) is 0. The Labute approximate surface area is 99.7 Å². The van der Waals surface area contributed by atoms with Gasteiger partial charge in [-0.3, -0.25) is 0 Å². The summed E-state index contributed by atoms with van der Waals surface area (Å²) in [5, 5.41) is 0. The number of hydrogen-bond donors (Lipinski definition) is 0. The first-order chi connectivity index (χ1) is 7.29. The number of benzene rings is 1. The van der Waals surface area contributed by atoms with Crippen LogP contribution in [0.5, 0.6) is 5.75 Å². The largest absolute Gasteiger partial charge is 0.491 e. The summed E-state index contributed by atoms with van der Waals surface area (Å²) in [6, 6.07) is 9.86. The Kier molecular flexibility index (Phi) is 4.16. The first-order valence-corrected chi connectivity index (χ1v) is 9.07. The van der Waals surface area contributed by atoms with E-state index in [0.29, 0.717) is 6.61 Å². The Hall–Kier alpha value is -0.803. The van der Waals surface area contributed by atoms with Gasteiger partial charge in [-0.05, 0) is 45.6 Å². The number of ether oxygens (including phenoxy) is 1. The molecule has 0 amide bonds. The molecule has 0 N–H and O–H groups in total. The summed E-state index contributed by atoms with van der Waals surface area (Å²) >= 11 is 0. The molecule has 16 heavy (non-hydrogen) atoms. The summed E-state index contributed by atoms with van der Waals surface area (Å²) in [7, 11) is -1.51. The fourth-order valence-electron chi connectivity index (χ4n) is 1.63. The molecule has 0 aromatic heterocycles. The fourth-order valence-corrected chi connectivity index (χ4v) is 3.35. The van der Waals surface area contributed by atoms with Gasteiger partial charge < -0.3 is 9.16 Å². The molecule has 1 aromatic rings. The molecule has 0 saturated carbocycles. The van der Waals surface area contributed by atoms with E-state index < -0.39 is 8.32 Å². The number of rotatable bonds is 5. The zero-order valence-corrected chi connectivity index (χ0v) is 11.9. The van der Waals surface area contributed by atoms with Crippen molar-refractivity contribution in [3.8, 4) is 5.75 Å². The minimum Gasteiger partial charge on any atom is -0.491 e. The number of hydrogen-bond acceptors (Lipinski definition) is 2. The maximum absolute atomic E-state index is 6.06. The lowest BCUT2D eigenvalue weighted by Crippen LogP contribution is -2.42. The Morgan fingerprint density at radius 2 is 1.62 bits per heavy atom. The van der Waals surface area contributed by atoms with Crippen LogP contribution in [0.3, 0.4) is 0 Å². The summed E-state index contributed by atoms with van der Waals surface area (Å²) in [5.41, 5.74) is -0.222. The van der Waals surface area contributed by atoms with Crippen LogP contribution in [0.15, 0.2) is 30.3 Å². The van der Waals surface area contributed by atoms with Crippen LogP contribution >= 0.6 is 0 Å². The molecule has 0 radical (unpaired) electrons. The molecule has 3 heteroatoms. The topological polar surface area (TPSA) is 18.5 Å². The van der Waals surface area contributed by atoms with Crippen LogP contribution in [-0.4, -0.2) is 20.5 Å². The molecule has 0 bridgehead atoms. The van der Waals surface area contributed by atoms with Crippen molar-refractivity contribution in [1.29, 1.82) is 0 Å². The second-order valence-electron chi connectivity index (χ2n) is 5.58. The summed E-state index contributed by atoms with van der Waals surface area (Å²) in [5.74, 6) is 0.898. The van der Waals surface area contributed by atoms with E-state index in [1.807, 2.05) is 30.3 Å². The molecular formula is C13H22O2Si. The van der Waals surface area contributed by atoms with Crippen LogP contribution < -0.4 is 4.74 Å². The van der Waals surface area contributed by atoms with Crippen molar-refractivity contribution >= 4 is 8.32 Å². The first kappa shape index (κ1) is 13.3. The van der Waals surface area contributed by atoms with Gasteiger partial charge in [-0.2, -0.15) is 0 Å². The van der Waals surface area contributed by atoms with E-state index in [2.05, 4.69) is 33.5 Å². The highest BCUT2D eigenvalue weighted by Crippen LogP contribution is 2.19. The molecule has 0 aliphatic heterocycles. The monoisotopic (exact) mass is 238 g/mol. The SMILES string of the molecule is CC(C)(COc1ccccc1)O[Si](C)(C)C. The van der Waals surface area contributed by atoms with E-state index >= 15 is 0 Å². The molecule has 0 atom stereocenters. The van der Waals surface area contributed by atoms with Crippen LogP contribution in [0.25, 0.3) is 0 Å². The van der Waals surface area contributed by atoms with E-state index in [4.69, 9.17) is 9.16 Å². The lowest BCUT2D eigenvalue weighted by molar-refractivity contribution is 0.0453. The van der Waals surface area contributed by atoms with Crippen LogP contribution in [0.4, 0.5) is 0 Å². The molecule has 0 unspecified atom stereocenters. The van der Waals surface area contributed by atoms with Crippen molar-refractivity contribution < 1.29 is 9.16 Å². The summed E-state index contributed by atoms with van der Waals surface area (Å²) in [4.78, 5) is 0. The standard InChI is InChI=1S/C13H22O2Si/c1-13(2,15-16(3,4)5)11-14-12-9-7-6-8-10-12/h6-10H,11H2,1-5H3. The van der Waals surface area contributed by atoms with Crippen LogP contribution in [0.2, 0.25) is 19.6 Å². The van der Waals surface area contributed by atoms with E-state index in [0.717, 1.165) is 5.75 Å². The minimum absolute atomic E-state index is 0.222. The second-order valence-corrected chi connectivity index (χ2v) is 10.0. The lowest BCUT2D eigenvalue weighted by Gasteiger charge is -2.32. The number of para-hydroxylation sites is 1.